The molecular formula is C15H30N4O2. The predicted octanol–water partition coefficient (Wildman–Crippen LogP) is 0.837. The molecule has 6 nitrogen and oxygen atoms in total. The van der Waals surface area contributed by atoms with E-state index in [9.17, 15) is 4.79 Å². The molecule has 1 rings (SSSR count). The van der Waals surface area contributed by atoms with Gasteiger partial charge < -0.3 is 20.3 Å². The maximum absolute atomic E-state index is 11.5. The number of likely N-dealkylation sites (N-methyl/N-ethyl adjacent to an activating group) is 1. The van der Waals surface area contributed by atoms with E-state index in [-0.39, 0.29) is 5.91 Å². The molecule has 21 heavy (non-hydrogen) atoms. The number of rotatable bonds is 10. The van der Waals surface area contributed by atoms with E-state index < -0.39 is 0 Å². The molecule has 2 N–H and O–H groups in total. The summed E-state index contributed by atoms with van der Waals surface area (Å²) in [6, 6.07) is 0. The maximum atomic E-state index is 11.5. The summed E-state index contributed by atoms with van der Waals surface area (Å²) in [5.74, 6) is 1.68. The minimum Gasteiger partial charge on any atom is -0.379 e. The van der Waals surface area contributed by atoms with E-state index in [0.29, 0.717) is 19.6 Å². The summed E-state index contributed by atoms with van der Waals surface area (Å²) in [5.41, 5.74) is 0. The van der Waals surface area contributed by atoms with Gasteiger partial charge in [-0.2, -0.15) is 0 Å². The number of amides is 1. The average molecular weight is 298 g/mol. The Morgan fingerprint density at radius 2 is 2.10 bits per heavy atom. The molecule has 0 aliphatic heterocycles. The van der Waals surface area contributed by atoms with Crippen LogP contribution in [0.15, 0.2) is 4.99 Å². The molecule has 0 spiro atoms. The molecule has 0 radical (unpaired) electrons. The van der Waals surface area contributed by atoms with Crippen LogP contribution in [0.4, 0.5) is 0 Å². The molecule has 1 aliphatic carbocycles. The molecule has 0 heterocycles. The van der Waals surface area contributed by atoms with Gasteiger partial charge in [-0.05, 0) is 25.2 Å². The number of hydrogen-bond acceptors (Lipinski definition) is 3. The van der Waals surface area contributed by atoms with Crippen LogP contribution in [0.25, 0.3) is 0 Å². The Labute approximate surface area is 128 Å². The zero-order chi connectivity index (χ0) is 15.5. The summed E-state index contributed by atoms with van der Waals surface area (Å²) < 4.78 is 5.62. The van der Waals surface area contributed by atoms with Crippen molar-refractivity contribution < 1.29 is 9.53 Å². The van der Waals surface area contributed by atoms with Crippen molar-refractivity contribution in [3.8, 4) is 0 Å². The second kappa shape index (κ2) is 10.4. The zero-order valence-corrected chi connectivity index (χ0v) is 13.7. The summed E-state index contributed by atoms with van der Waals surface area (Å²) in [6.07, 6.45) is 4.06. The first-order valence-electron chi connectivity index (χ1n) is 7.93. The van der Waals surface area contributed by atoms with Crippen LogP contribution in [0.5, 0.6) is 0 Å². The van der Waals surface area contributed by atoms with Crippen LogP contribution >= 0.6 is 0 Å². The number of hydrogen-bond donors (Lipinski definition) is 2. The summed E-state index contributed by atoms with van der Waals surface area (Å²) in [5, 5.41) is 6.06. The average Bonchev–Trinajstić information content (AvgIpc) is 3.30. The lowest BCUT2D eigenvalue weighted by Gasteiger charge is -2.22. The van der Waals surface area contributed by atoms with Crippen LogP contribution in [-0.4, -0.2) is 63.7 Å². The summed E-state index contributed by atoms with van der Waals surface area (Å²) in [6.45, 7) is 5.78. The standard InChI is InChI=1S/C15H30N4O2/c1-4-8-17-14(20)7-9-18-15(16-2)19(3)10-11-21-12-13-5-6-13/h13H,4-12H2,1-3H3,(H,16,18)(H,17,20). The molecule has 0 unspecified atom stereocenters. The number of ether oxygens (including phenoxy) is 1. The van der Waals surface area contributed by atoms with E-state index >= 15 is 0 Å². The highest BCUT2D eigenvalue weighted by Gasteiger charge is 2.21. The topological polar surface area (TPSA) is 66.0 Å². The SMILES string of the molecule is CCCNC(=O)CCNC(=NC)N(C)CCOCC1CC1. The van der Waals surface area contributed by atoms with E-state index in [1.807, 2.05) is 18.9 Å². The molecule has 0 atom stereocenters. The zero-order valence-electron chi connectivity index (χ0n) is 13.7. The first-order chi connectivity index (χ1) is 10.2. The highest BCUT2D eigenvalue weighted by Crippen LogP contribution is 2.28. The molecule has 1 amide bonds. The fraction of sp³-hybridized carbons (Fsp3) is 0.867. The van der Waals surface area contributed by atoms with Gasteiger partial charge in [0.15, 0.2) is 5.96 Å². The molecule has 1 saturated carbocycles. The minimum atomic E-state index is 0.0789. The normalized spacial score (nSPS) is 14.9. The van der Waals surface area contributed by atoms with Gasteiger partial charge in [-0.25, -0.2) is 0 Å². The lowest BCUT2D eigenvalue weighted by molar-refractivity contribution is -0.120. The number of aliphatic imine (C=N–C) groups is 1. The third-order valence-electron chi connectivity index (χ3n) is 3.40. The van der Waals surface area contributed by atoms with Crippen molar-refractivity contribution in [1.82, 2.24) is 15.5 Å². The van der Waals surface area contributed by atoms with E-state index in [2.05, 4.69) is 15.6 Å². The molecule has 0 saturated heterocycles. The third-order valence-corrected chi connectivity index (χ3v) is 3.40. The molecule has 6 heteroatoms. The van der Waals surface area contributed by atoms with Crippen LogP contribution in [0.1, 0.15) is 32.6 Å². The van der Waals surface area contributed by atoms with E-state index in [1.165, 1.54) is 12.8 Å². The van der Waals surface area contributed by atoms with Crippen molar-refractivity contribution in [1.29, 1.82) is 0 Å². The summed E-state index contributed by atoms with van der Waals surface area (Å²) in [4.78, 5) is 17.7. The molecule has 0 bridgehead atoms. The monoisotopic (exact) mass is 298 g/mol. The third kappa shape index (κ3) is 8.55. The van der Waals surface area contributed by atoms with Crippen molar-refractivity contribution in [2.75, 3.05) is 46.9 Å². The van der Waals surface area contributed by atoms with Gasteiger partial charge >= 0.3 is 0 Å². The largest absolute Gasteiger partial charge is 0.379 e. The van der Waals surface area contributed by atoms with Crippen molar-refractivity contribution in [3.63, 3.8) is 0 Å². The van der Waals surface area contributed by atoms with Gasteiger partial charge in [0, 0.05) is 46.8 Å². The van der Waals surface area contributed by atoms with E-state index in [4.69, 9.17) is 4.74 Å². The molecule has 0 aromatic heterocycles. The van der Waals surface area contributed by atoms with E-state index in [1.54, 1.807) is 7.05 Å². The second-order valence-corrected chi connectivity index (χ2v) is 5.51. The molecule has 0 aromatic carbocycles. The van der Waals surface area contributed by atoms with Gasteiger partial charge in [0.05, 0.1) is 6.61 Å². The Balaban J connectivity index is 2.09. The van der Waals surface area contributed by atoms with Crippen LogP contribution in [0.2, 0.25) is 0 Å². The van der Waals surface area contributed by atoms with Gasteiger partial charge in [-0.15, -0.1) is 0 Å². The smallest absolute Gasteiger partial charge is 0.221 e. The van der Waals surface area contributed by atoms with Gasteiger partial charge in [0.1, 0.15) is 0 Å². The first-order valence-corrected chi connectivity index (χ1v) is 7.93. The van der Waals surface area contributed by atoms with Crippen molar-refractivity contribution in [3.05, 3.63) is 0 Å². The van der Waals surface area contributed by atoms with Crippen LogP contribution < -0.4 is 10.6 Å². The van der Waals surface area contributed by atoms with Crippen molar-refractivity contribution in [2.45, 2.75) is 32.6 Å². The number of carbonyl (C=O) groups is 1. The van der Waals surface area contributed by atoms with Gasteiger partial charge in [0.2, 0.25) is 5.91 Å². The van der Waals surface area contributed by atoms with Gasteiger partial charge in [-0.3, -0.25) is 9.79 Å². The fourth-order valence-electron chi connectivity index (χ4n) is 1.87. The number of carbonyl (C=O) groups excluding carboxylic acids is 1. The first kappa shape index (κ1) is 17.8. The quantitative estimate of drug-likeness (QED) is 0.356. The van der Waals surface area contributed by atoms with Crippen molar-refractivity contribution >= 4 is 11.9 Å². The summed E-state index contributed by atoms with van der Waals surface area (Å²) in [7, 11) is 3.73. The fourth-order valence-corrected chi connectivity index (χ4v) is 1.87. The number of nitrogens with zero attached hydrogens (tertiary/aromatic N) is 2. The van der Waals surface area contributed by atoms with Crippen LogP contribution in [0.3, 0.4) is 0 Å². The van der Waals surface area contributed by atoms with E-state index in [0.717, 1.165) is 38.0 Å². The molecule has 0 aromatic rings. The van der Waals surface area contributed by atoms with Gasteiger partial charge in [-0.1, -0.05) is 6.92 Å². The Morgan fingerprint density at radius 1 is 1.33 bits per heavy atom. The Hall–Kier alpha value is -1.30. The highest BCUT2D eigenvalue weighted by molar-refractivity contribution is 5.81. The van der Waals surface area contributed by atoms with Crippen LogP contribution in [-0.2, 0) is 9.53 Å². The summed E-state index contributed by atoms with van der Waals surface area (Å²) >= 11 is 0. The number of nitrogens with one attached hydrogen (secondary N) is 2. The lowest BCUT2D eigenvalue weighted by Crippen LogP contribution is -2.42. The second-order valence-electron chi connectivity index (χ2n) is 5.51. The minimum absolute atomic E-state index is 0.0789. The van der Waals surface area contributed by atoms with Crippen LogP contribution in [0, 0.1) is 5.92 Å². The Morgan fingerprint density at radius 3 is 2.71 bits per heavy atom. The molecule has 1 aliphatic rings. The highest BCUT2D eigenvalue weighted by atomic mass is 16.5. The van der Waals surface area contributed by atoms with Gasteiger partial charge in [0.25, 0.3) is 0 Å². The Bertz CT molecular complexity index is 330. The Kier molecular flexibility index (Phi) is 8.82. The molecular weight excluding hydrogens is 268 g/mol. The predicted molar refractivity (Wildman–Crippen MR) is 85.5 cm³/mol. The number of guanidine groups is 1. The molecule has 122 valence electrons. The lowest BCUT2D eigenvalue weighted by atomic mass is 10.4. The maximum Gasteiger partial charge on any atom is 0.221 e. The van der Waals surface area contributed by atoms with Crippen molar-refractivity contribution in [2.24, 2.45) is 10.9 Å². The molecule has 1 fully saturated rings.